The summed E-state index contributed by atoms with van der Waals surface area (Å²) in [6.45, 7) is 5.01. The number of benzene rings is 1. The van der Waals surface area contributed by atoms with Crippen molar-refractivity contribution < 1.29 is 19.2 Å². The van der Waals surface area contributed by atoms with Crippen LogP contribution in [0.1, 0.15) is 38.1 Å². The van der Waals surface area contributed by atoms with Crippen molar-refractivity contribution in [3.63, 3.8) is 0 Å². The first-order chi connectivity index (χ1) is 13.4. The average molecular weight is 420 g/mol. The lowest BCUT2D eigenvalue weighted by atomic mass is 10.0. The van der Waals surface area contributed by atoms with Gasteiger partial charge in [-0.3, -0.25) is 14.9 Å². The Hall–Kier alpha value is -2.49. The SMILES string of the molecule is CC[NH+]1CCc2c(sc(NC(=S)NC(=O)c3ccc(OC)cc3)c2C(N)=O)C1. The molecule has 9 heteroatoms. The van der Waals surface area contributed by atoms with Crippen molar-refractivity contribution >= 4 is 45.5 Å². The van der Waals surface area contributed by atoms with Crippen molar-refractivity contribution in [2.75, 3.05) is 25.5 Å². The Morgan fingerprint density at radius 2 is 2.04 bits per heavy atom. The van der Waals surface area contributed by atoms with Crippen molar-refractivity contribution in [3.05, 3.63) is 45.8 Å². The van der Waals surface area contributed by atoms with Crippen molar-refractivity contribution in [3.8, 4) is 5.75 Å². The number of primary amides is 1. The molecule has 0 radical (unpaired) electrons. The van der Waals surface area contributed by atoms with Crippen LogP contribution in [0.15, 0.2) is 24.3 Å². The number of carbonyl (C=O) groups is 2. The lowest BCUT2D eigenvalue weighted by molar-refractivity contribution is -0.913. The van der Waals surface area contributed by atoms with Crippen LogP contribution in [0.4, 0.5) is 5.00 Å². The molecule has 2 heterocycles. The summed E-state index contributed by atoms with van der Waals surface area (Å²) >= 11 is 6.75. The molecule has 5 N–H and O–H groups in total. The highest BCUT2D eigenvalue weighted by atomic mass is 32.1. The number of ether oxygens (including phenoxy) is 1. The number of likely N-dealkylation sites (N-methyl/N-ethyl adjacent to an activating group) is 1. The van der Waals surface area contributed by atoms with E-state index in [0.29, 0.717) is 21.9 Å². The van der Waals surface area contributed by atoms with Gasteiger partial charge in [-0.25, -0.2) is 0 Å². The van der Waals surface area contributed by atoms with Crippen molar-refractivity contribution in [2.24, 2.45) is 5.73 Å². The minimum Gasteiger partial charge on any atom is -0.497 e. The largest absolute Gasteiger partial charge is 0.497 e. The molecule has 148 valence electrons. The second-order valence-corrected chi connectivity index (χ2v) is 8.00. The van der Waals surface area contributed by atoms with E-state index in [-0.39, 0.29) is 11.0 Å². The number of thiophene rings is 1. The quantitative estimate of drug-likeness (QED) is 0.541. The molecule has 28 heavy (non-hydrogen) atoms. The monoisotopic (exact) mass is 419 g/mol. The van der Waals surface area contributed by atoms with Gasteiger partial charge in [0.15, 0.2) is 5.11 Å². The van der Waals surface area contributed by atoms with Gasteiger partial charge in [-0.05, 0) is 49.0 Å². The Bertz CT molecular complexity index is 909. The minimum absolute atomic E-state index is 0.126. The number of rotatable bonds is 5. The van der Waals surface area contributed by atoms with Crippen LogP contribution in [-0.2, 0) is 13.0 Å². The van der Waals surface area contributed by atoms with Gasteiger partial charge in [-0.1, -0.05) is 0 Å². The van der Waals surface area contributed by atoms with Gasteiger partial charge >= 0.3 is 0 Å². The fourth-order valence-corrected chi connectivity index (χ4v) is 4.83. The summed E-state index contributed by atoms with van der Waals surface area (Å²) in [4.78, 5) is 27.0. The zero-order chi connectivity index (χ0) is 20.3. The number of anilines is 1. The summed E-state index contributed by atoms with van der Waals surface area (Å²) in [5.74, 6) is -0.163. The summed E-state index contributed by atoms with van der Waals surface area (Å²) < 4.78 is 5.09. The molecule has 2 aromatic rings. The van der Waals surface area contributed by atoms with Gasteiger partial charge in [-0.2, -0.15) is 0 Å². The van der Waals surface area contributed by atoms with E-state index in [1.807, 2.05) is 0 Å². The summed E-state index contributed by atoms with van der Waals surface area (Å²) in [5.41, 5.74) is 7.56. The van der Waals surface area contributed by atoms with E-state index in [2.05, 4.69) is 17.6 Å². The smallest absolute Gasteiger partial charge is 0.257 e. The van der Waals surface area contributed by atoms with Crippen molar-refractivity contribution in [2.45, 2.75) is 19.9 Å². The highest BCUT2D eigenvalue weighted by molar-refractivity contribution is 7.80. The molecule has 0 saturated heterocycles. The number of nitrogens with one attached hydrogen (secondary N) is 3. The normalized spacial score (nSPS) is 15.4. The Morgan fingerprint density at radius 1 is 1.32 bits per heavy atom. The molecule has 1 aromatic heterocycles. The van der Waals surface area contributed by atoms with E-state index < -0.39 is 5.91 Å². The Morgan fingerprint density at radius 3 is 2.64 bits per heavy atom. The standard InChI is InChI=1S/C19H22N4O3S2/c1-3-23-9-8-13-14(10-23)28-18(15(13)16(20)24)22-19(27)21-17(25)11-4-6-12(26-2)7-5-11/h4-7H,3,8-10H2,1-2H3,(H2,20,24)(H2,21,22,25,27)/p+1. The molecule has 7 nitrogen and oxygen atoms in total. The van der Waals surface area contributed by atoms with Gasteiger partial charge in [0.05, 0.1) is 30.6 Å². The van der Waals surface area contributed by atoms with Crippen LogP contribution in [0.2, 0.25) is 0 Å². The molecule has 0 bridgehead atoms. The van der Waals surface area contributed by atoms with E-state index >= 15 is 0 Å². The van der Waals surface area contributed by atoms with E-state index in [9.17, 15) is 9.59 Å². The van der Waals surface area contributed by atoms with Crippen LogP contribution in [0.3, 0.4) is 0 Å². The third-order valence-electron chi connectivity index (χ3n) is 4.78. The average Bonchev–Trinajstić information content (AvgIpc) is 3.04. The fourth-order valence-electron chi connectivity index (χ4n) is 3.24. The summed E-state index contributed by atoms with van der Waals surface area (Å²) in [6, 6.07) is 6.70. The van der Waals surface area contributed by atoms with Gasteiger partial charge in [-0.15, -0.1) is 11.3 Å². The van der Waals surface area contributed by atoms with Crippen molar-refractivity contribution in [1.29, 1.82) is 0 Å². The molecular weight excluding hydrogens is 396 g/mol. The molecule has 1 aromatic carbocycles. The maximum absolute atomic E-state index is 12.4. The third kappa shape index (κ3) is 4.32. The van der Waals surface area contributed by atoms with Crippen LogP contribution in [0, 0.1) is 0 Å². The number of thiocarbonyl (C=S) groups is 1. The van der Waals surface area contributed by atoms with Crippen LogP contribution >= 0.6 is 23.6 Å². The molecule has 0 aliphatic carbocycles. The van der Waals surface area contributed by atoms with Crippen LogP contribution < -0.4 is 26.0 Å². The Labute approximate surface area is 172 Å². The van der Waals surface area contributed by atoms with Crippen molar-refractivity contribution in [1.82, 2.24) is 5.32 Å². The highest BCUT2D eigenvalue weighted by Gasteiger charge is 2.28. The first kappa shape index (κ1) is 20.2. The highest BCUT2D eigenvalue weighted by Crippen LogP contribution is 2.34. The number of amides is 2. The Kier molecular flexibility index (Phi) is 6.28. The summed E-state index contributed by atoms with van der Waals surface area (Å²) in [6.07, 6.45) is 0.805. The van der Waals surface area contributed by atoms with Crippen LogP contribution in [0.25, 0.3) is 0 Å². The lowest BCUT2D eigenvalue weighted by Crippen LogP contribution is -3.11. The summed E-state index contributed by atoms with van der Waals surface area (Å²) in [5, 5.41) is 6.35. The molecule has 0 fully saturated rings. The molecule has 1 atom stereocenters. The second-order valence-electron chi connectivity index (χ2n) is 6.49. The maximum Gasteiger partial charge on any atom is 0.257 e. The predicted molar refractivity (Wildman–Crippen MR) is 113 cm³/mol. The Balaban J connectivity index is 1.73. The number of hydrogen-bond acceptors (Lipinski definition) is 5. The van der Waals surface area contributed by atoms with E-state index in [1.54, 1.807) is 31.4 Å². The molecule has 3 rings (SSSR count). The minimum atomic E-state index is -0.482. The zero-order valence-electron chi connectivity index (χ0n) is 15.8. The van der Waals surface area contributed by atoms with E-state index in [0.717, 1.165) is 36.5 Å². The van der Waals surface area contributed by atoms with Gasteiger partial charge in [0, 0.05) is 12.0 Å². The number of quaternary nitrogens is 1. The maximum atomic E-state index is 12.4. The van der Waals surface area contributed by atoms with Gasteiger partial charge in [0.1, 0.15) is 17.3 Å². The molecule has 1 aliphatic rings. The molecule has 0 saturated carbocycles. The third-order valence-corrected chi connectivity index (χ3v) is 6.13. The molecule has 1 unspecified atom stereocenters. The van der Waals surface area contributed by atoms with E-state index in [1.165, 1.54) is 16.2 Å². The van der Waals surface area contributed by atoms with Crippen LogP contribution in [0.5, 0.6) is 5.75 Å². The fraction of sp³-hybridized carbons (Fsp3) is 0.316. The van der Waals surface area contributed by atoms with Gasteiger partial charge in [0.25, 0.3) is 11.8 Å². The number of methoxy groups -OCH3 is 1. The first-order valence-electron chi connectivity index (χ1n) is 8.97. The number of hydrogen-bond donors (Lipinski definition) is 4. The second kappa shape index (κ2) is 8.68. The molecule has 1 aliphatic heterocycles. The lowest BCUT2D eigenvalue weighted by Gasteiger charge is -2.22. The molecule has 2 amide bonds. The first-order valence-corrected chi connectivity index (χ1v) is 10.2. The van der Waals surface area contributed by atoms with Crippen LogP contribution in [-0.4, -0.2) is 37.1 Å². The number of carbonyl (C=O) groups excluding carboxylic acids is 2. The molecule has 0 spiro atoms. The topological polar surface area (TPSA) is 97.9 Å². The van der Waals surface area contributed by atoms with E-state index in [4.69, 9.17) is 22.7 Å². The van der Waals surface area contributed by atoms with Gasteiger partial charge in [0.2, 0.25) is 0 Å². The molecular formula is C19H23N4O3S2+. The summed E-state index contributed by atoms with van der Waals surface area (Å²) in [7, 11) is 1.56. The number of fused-ring (bicyclic) bond motifs is 1. The number of nitrogens with two attached hydrogens (primary N) is 1. The zero-order valence-corrected chi connectivity index (χ0v) is 17.4. The van der Waals surface area contributed by atoms with Gasteiger partial charge < -0.3 is 20.7 Å². The predicted octanol–water partition coefficient (Wildman–Crippen LogP) is 0.943.